The van der Waals surface area contributed by atoms with E-state index in [9.17, 15) is 4.79 Å². The Balaban J connectivity index is 1.69. The molecule has 0 bridgehead atoms. The Morgan fingerprint density at radius 3 is 2.59 bits per heavy atom. The molecule has 4 rings (SSSR count). The van der Waals surface area contributed by atoms with Crippen LogP contribution in [-0.4, -0.2) is 22.7 Å². The molecule has 5 heteroatoms. The number of hydrogen-bond acceptors (Lipinski definition) is 4. The number of para-hydroxylation sites is 1. The van der Waals surface area contributed by atoms with E-state index >= 15 is 0 Å². The largest absolute Gasteiger partial charge is 0.364 e. The lowest BCUT2D eigenvalue weighted by molar-refractivity contribution is -0.115. The molecule has 4 nitrogen and oxygen atoms in total. The van der Waals surface area contributed by atoms with Crippen LogP contribution >= 0.6 is 11.8 Å². The molecule has 2 aliphatic rings. The number of nitrogens with zero attached hydrogens (tertiary/aromatic N) is 2. The second kappa shape index (κ2) is 8.43. The molecule has 1 atom stereocenters. The summed E-state index contributed by atoms with van der Waals surface area (Å²) < 4.78 is 0. The first-order valence-electron chi connectivity index (χ1n) is 11.4. The first-order valence-corrected chi connectivity index (χ1v) is 12.2. The Bertz CT molecular complexity index is 1130. The highest BCUT2D eigenvalue weighted by Gasteiger charge is 2.38. The molecular weight excluding hydrogens is 414 g/mol. The van der Waals surface area contributed by atoms with E-state index in [0.717, 1.165) is 23.2 Å². The molecule has 1 amide bonds. The van der Waals surface area contributed by atoms with Crippen LogP contribution in [0.4, 0.5) is 11.4 Å². The molecule has 0 spiro atoms. The molecule has 2 heterocycles. The van der Waals surface area contributed by atoms with Crippen LogP contribution in [0.3, 0.4) is 0 Å². The van der Waals surface area contributed by atoms with Crippen molar-refractivity contribution >= 4 is 40.3 Å². The zero-order valence-corrected chi connectivity index (χ0v) is 20.9. The molecule has 0 aromatic heterocycles. The number of thioether (sulfide) groups is 1. The fourth-order valence-corrected chi connectivity index (χ4v) is 5.99. The number of anilines is 1. The molecule has 2 aromatic rings. The zero-order valence-electron chi connectivity index (χ0n) is 20.1. The molecule has 1 saturated heterocycles. The number of hydrogen-bond donors (Lipinski definition) is 1. The lowest BCUT2D eigenvalue weighted by atomic mass is 9.78. The van der Waals surface area contributed by atoms with Crippen LogP contribution in [0.1, 0.15) is 69.2 Å². The number of carbonyl (C=O) groups is 1. The van der Waals surface area contributed by atoms with Gasteiger partial charge in [0.05, 0.1) is 10.6 Å². The molecule has 2 aromatic carbocycles. The minimum atomic E-state index is -0.0857. The van der Waals surface area contributed by atoms with Gasteiger partial charge >= 0.3 is 0 Å². The monoisotopic (exact) mass is 447 g/mol. The molecular formula is C27H33N3OS. The van der Waals surface area contributed by atoms with Gasteiger partial charge in [0.2, 0.25) is 0 Å². The second-order valence-corrected chi connectivity index (χ2v) is 10.9. The lowest BCUT2D eigenvalue weighted by Crippen LogP contribution is -2.51. The number of benzene rings is 2. The van der Waals surface area contributed by atoms with E-state index in [0.29, 0.717) is 22.0 Å². The van der Waals surface area contributed by atoms with E-state index in [-0.39, 0.29) is 11.4 Å². The van der Waals surface area contributed by atoms with E-state index < -0.39 is 0 Å². The quantitative estimate of drug-likeness (QED) is 0.533. The van der Waals surface area contributed by atoms with Crippen molar-refractivity contribution in [3.8, 4) is 0 Å². The van der Waals surface area contributed by atoms with Crippen LogP contribution in [-0.2, 0) is 4.79 Å². The molecule has 1 N–H and O–H groups in total. The second-order valence-electron chi connectivity index (χ2n) is 9.92. The van der Waals surface area contributed by atoms with E-state index in [1.165, 1.54) is 28.6 Å². The minimum absolute atomic E-state index is 0.0857. The summed E-state index contributed by atoms with van der Waals surface area (Å²) in [6.07, 6.45) is 3.13. The third kappa shape index (κ3) is 4.23. The third-order valence-electron chi connectivity index (χ3n) is 6.45. The Labute approximate surface area is 196 Å². The fraction of sp³-hybridized carbons (Fsp3) is 0.407. The maximum absolute atomic E-state index is 12.7. The van der Waals surface area contributed by atoms with Crippen molar-refractivity contribution in [2.45, 2.75) is 72.4 Å². The van der Waals surface area contributed by atoms with E-state index in [1.54, 1.807) is 0 Å². The number of aliphatic imine (C=N–C) groups is 1. The molecule has 32 heavy (non-hydrogen) atoms. The van der Waals surface area contributed by atoms with Gasteiger partial charge in [0.25, 0.3) is 5.91 Å². The average Bonchev–Trinajstić information content (AvgIpc) is 3.02. The Kier molecular flexibility index (Phi) is 5.97. The number of fused-ring (bicyclic) bond motifs is 1. The Hall–Kier alpha value is -2.53. The van der Waals surface area contributed by atoms with E-state index in [4.69, 9.17) is 0 Å². The highest BCUT2D eigenvalue weighted by atomic mass is 32.2. The summed E-state index contributed by atoms with van der Waals surface area (Å²) in [5.41, 5.74) is 7.07. The van der Waals surface area contributed by atoms with Crippen molar-refractivity contribution in [2.75, 3.05) is 4.90 Å². The van der Waals surface area contributed by atoms with E-state index in [2.05, 4.69) is 68.9 Å². The van der Waals surface area contributed by atoms with Crippen LogP contribution < -0.4 is 10.2 Å². The summed E-state index contributed by atoms with van der Waals surface area (Å²) in [6.45, 7) is 15.7. The number of aryl methyl sites for hydroxylation is 2. The molecule has 2 aliphatic heterocycles. The third-order valence-corrected chi connectivity index (χ3v) is 7.36. The first-order chi connectivity index (χ1) is 15.1. The predicted octanol–water partition coefficient (Wildman–Crippen LogP) is 6.70. The van der Waals surface area contributed by atoms with Crippen molar-refractivity contribution in [2.24, 2.45) is 4.99 Å². The maximum Gasteiger partial charge on any atom is 0.264 e. The maximum atomic E-state index is 12.7. The van der Waals surface area contributed by atoms with Gasteiger partial charge in [-0.15, -0.1) is 0 Å². The fourth-order valence-electron chi connectivity index (χ4n) is 5.17. The summed E-state index contributed by atoms with van der Waals surface area (Å²) in [5.74, 6) is 0.383. The van der Waals surface area contributed by atoms with Gasteiger partial charge < -0.3 is 10.2 Å². The smallest absolute Gasteiger partial charge is 0.264 e. The number of carbonyl (C=O) groups excluding carboxylic acids is 1. The van der Waals surface area contributed by atoms with Crippen molar-refractivity contribution in [1.29, 1.82) is 0 Å². The summed E-state index contributed by atoms with van der Waals surface area (Å²) in [4.78, 5) is 20.6. The van der Waals surface area contributed by atoms with Crippen molar-refractivity contribution in [3.63, 3.8) is 0 Å². The number of nitrogens with one attached hydrogen (secondary N) is 1. The normalized spacial score (nSPS) is 22.6. The highest BCUT2D eigenvalue weighted by molar-refractivity contribution is 8.18. The van der Waals surface area contributed by atoms with Crippen LogP contribution in [0.25, 0.3) is 6.08 Å². The lowest BCUT2D eigenvalue weighted by Gasteiger charge is -2.50. The number of amidine groups is 1. The number of amides is 1. The predicted molar refractivity (Wildman–Crippen MR) is 138 cm³/mol. The van der Waals surface area contributed by atoms with Gasteiger partial charge in [0, 0.05) is 17.3 Å². The van der Waals surface area contributed by atoms with Crippen LogP contribution in [0.5, 0.6) is 0 Å². The standard InChI is InChI=1S/C27H33N3OS/c1-16(2)30-23-12-18(4)20(13-21(23)19(5)15-27(30,6)7)14-24-25(31)29-26(32-24)28-22-11-9-8-10-17(22)3/h8-14,16,19H,15H2,1-7H3,(H,28,29,31)/b24-14-/t19-/m1/s1. The van der Waals surface area contributed by atoms with Gasteiger partial charge in [-0.25, -0.2) is 4.99 Å². The van der Waals surface area contributed by atoms with Crippen LogP contribution in [0, 0.1) is 13.8 Å². The molecule has 0 radical (unpaired) electrons. The van der Waals surface area contributed by atoms with Gasteiger partial charge in [0.15, 0.2) is 5.17 Å². The summed E-state index contributed by atoms with van der Waals surface area (Å²) >= 11 is 1.41. The van der Waals surface area contributed by atoms with Gasteiger partial charge in [-0.3, -0.25) is 4.79 Å². The summed E-state index contributed by atoms with van der Waals surface area (Å²) in [5, 5.41) is 3.55. The number of rotatable bonds is 3. The highest BCUT2D eigenvalue weighted by Crippen LogP contribution is 2.45. The topological polar surface area (TPSA) is 44.7 Å². The van der Waals surface area contributed by atoms with Crippen molar-refractivity contribution < 1.29 is 4.79 Å². The summed E-state index contributed by atoms with van der Waals surface area (Å²) in [7, 11) is 0. The molecule has 168 valence electrons. The van der Waals surface area contributed by atoms with Gasteiger partial charge in [-0.1, -0.05) is 25.1 Å². The van der Waals surface area contributed by atoms with Crippen molar-refractivity contribution in [3.05, 3.63) is 63.6 Å². The first kappa shape index (κ1) is 22.7. The van der Waals surface area contributed by atoms with Gasteiger partial charge in [-0.05, 0) is 112 Å². The molecule has 0 saturated carbocycles. The Morgan fingerprint density at radius 2 is 1.91 bits per heavy atom. The van der Waals surface area contributed by atoms with Gasteiger partial charge in [-0.2, -0.15) is 0 Å². The summed E-state index contributed by atoms with van der Waals surface area (Å²) in [6, 6.07) is 13.0. The van der Waals surface area contributed by atoms with Gasteiger partial charge in [0.1, 0.15) is 0 Å². The minimum Gasteiger partial charge on any atom is -0.364 e. The molecule has 0 aliphatic carbocycles. The Morgan fingerprint density at radius 1 is 1.19 bits per heavy atom. The zero-order chi connectivity index (χ0) is 23.2. The van der Waals surface area contributed by atoms with E-state index in [1.807, 2.05) is 37.3 Å². The average molecular weight is 448 g/mol. The SMILES string of the molecule is Cc1cc2c(cc1/C=C1\SC(=Nc3ccccc3C)NC1=O)[C@H](C)CC(C)(C)N2C(C)C. The van der Waals surface area contributed by atoms with Crippen LogP contribution in [0.2, 0.25) is 0 Å². The van der Waals surface area contributed by atoms with Crippen LogP contribution in [0.15, 0.2) is 46.3 Å². The molecule has 1 fully saturated rings. The molecule has 0 unspecified atom stereocenters. The van der Waals surface area contributed by atoms with Crippen molar-refractivity contribution in [1.82, 2.24) is 5.32 Å².